The summed E-state index contributed by atoms with van der Waals surface area (Å²) in [4.78, 5) is 13.0. The zero-order valence-electron chi connectivity index (χ0n) is 10.8. The smallest absolute Gasteiger partial charge is 0.225 e. The van der Waals surface area contributed by atoms with Gasteiger partial charge >= 0.3 is 0 Å². The van der Waals surface area contributed by atoms with E-state index in [9.17, 15) is 4.79 Å². The van der Waals surface area contributed by atoms with Gasteiger partial charge in [0, 0.05) is 22.1 Å². The minimum absolute atomic E-state index is 0.0533. The molecule has 0 spiro atoms. The molecule has 0 heterocycles. The summed E-state index contributed by atoms with van der Waals surface area (Å²) in [5, 5.41) is 3.34. The molecule has 20 heavy (non-hydrogen) atoms. The van der Waals surface area contributed by atoms with Crippen LogP contribution in [0.2, 0.25) is 5.02 Å². The molecule has 0 aliphatic carbocycles. The van der Waals surface area contributed by atoms with E-state index in [2.05, 4.69) is 5.32 Å². The van der Waals surface area contributed by atoms with Crippen molar-refractivity contribution in [3.8, 4) is 0 Å². The number of nitrogens with one attached hydrogen (secondary N) is 1. The first-order valence-electron chi connectivity index (χ1n) is 6.18. The van der Waals surface area contributed by atoms with Gasteiger partial charge in [-0.3, -0.25) is 4.79 Å². The van der Waals surface area contributed by atoms with Crippen molar-refractivity contribution in [2.75, 3.05) is 16.8 Å². The summed E-state index contributed by atoms with van der Waals surface area (Å²) in [6.07, 6.45) is 0.432. The number of carbonyl (C=O) groups is 1. The van der Waals surface area contributed by atoms with Gasteiger partial charge in [0.2, 0.25) is 5.91 Å². The highest BCUT2D eigenvalue weighted by molar-refractivity contribution is 7.99. The Morgan fingerprint density at radius 1 is 1.20 bits per heavy atom. The molecule has 1 amide bonds. The monoisotopic (exact) mass is 306 g/mol. The maximum absolute atomic E-state index is 11.8. The molecule has 0 saturated carbocycles. The van der Waals surface area contributed by atoms with Crippen molar-refractivity contribution < 1.29 is 4.79 Å². The van der Waals surface area contributed by atoms with Gasteiger partial charge in [0.25, 0.3) is 0 Å². The summed E-state index contributed by atoms with van der Waals surface area (Å²) in [7, 11) is 0. The third-order valence-corrected chi connectivity index (χ3v) is 3.88. The molecule has 0 aliphatic heterocycles. The first-order chi connectivity index (χ1) is 9.65. The highest BCUT2D eigenvalue weighted by atomic mass is 35.5. The van der Waals surface area contributed by atoms with Crippen LogP contribution in [0.4, 0.5) is 11.4 Å². The second-order valence-corrected chi connectivity index (χ2v) is 5.80. The van der Waals surface area contributed by atoms with Gasteiger partial charge in [0.1, 0.15) is 0 Å². The van der Waals surface area contributed by atoms with Crippen molar-refractivity contribution in [3.05, 3.63) is 53.6 Å². The normalized spacial score (nSPS) is 10.2. The van der Waals surface area contributed by atoms with Crippen LogP contribution in [0.5, 0.6) is 0 Å². The van der Waals surface area contributed by atoms with Crippen LogP contribution in [-0.4, -0.2) is 11.7 Å². The van der Waals surface area contributed by atoms with E-state index in [4.69, 9.17) is 17.3 Å². The fraction of sp³-hybridized carbons (Fsp3) is 0.133. The molecule has 0 bridgehead atoms. The number of anilines is 2. The first-order valence-corrected chi connectivity index (χ1v) is 7.54. The average Bonchev–Trinajstić information content (AvgIpc) is 2.43. The topological polar surface area (TPSA) is 55.1 Å². The van der Waals surface area contributed by atoms with Crippen molar-refractivity contribution in [1.29, 1.82) is 0 Å². The third-order valence-electron chi connectivity index (χ3n) is 2.63. The maximum Gasteiger partial charge on any atom is 0.225 e. The van der Waals surface area contributed by atoms with E-state index in [0.717, 1.165) is 10.6 Å². The number of halogens is 1. The number of carbonyl (C=O) groups excluding carboxylic acids is 1. The Balaban J connectivity index is 1.81. The van der Waals surface area contributed by atoms with Gasteiger partial charge in [-0.05, 0) is 30.3 Å². The van der Waals surface area contributed by atoms with Gasteiger partial charge < -0.3 is 11.1 Å². The van der Waals surface area contributed by atoms with Gasteiger partial charge in [-0.2, -0.15) is 0 Å². The van der Waals surface area contributed by atoms with Crippen LogP contribution < -0.4 is 11.1 Å². The minimum Gasteiger partial charge on any atom is -0.397 e. The number of thioether (sulfide) groups is 1. The number of rotatable bonds is 5. The molecular weight excluding hydrogens is 292 g/mol. The van der Waals surface area contributed by atoms with Crippen LogP contribution in [0.3, 0.4) is 0 Å². The summed E-state index contributed by atoms with van der Waals surface area (Å²) in [5.41, 5.74) is 6.86. The Kier molecular flexibility index (Phi) is 5.32. The lowest BCUT2D eigenvalue weighted by molar-refractivity contribution is -0.115. The van der Waals surface area contributed by atoms with Gasteiger partial charge in [-0.25, -0.2) is 0 Å². The van der Waals surface area contributed by atoms with E-state index in [1.54, 1.807) is 30.0 Å². The van der Waals surface area contributed by atoms with Crippen molar-refractivity contribution in [2.45, 2.75) is 11.3 Å². The summed E-state index contributed by atoms with van der Waals surface area (Å²) >= 11 is 7.46. The van der Waals surface area contributed by atoms with Crippen LogP contribution in [-0.2, 0) is 4.79 Å². The zero-order valence-corrected chi connectivity index (χ0v) is 12.4. The Labute approximate surface area is 127 Å². The molecule has 3 N–H and O–H groups in total. The molecule has 0 unspecified atom stereocenters. The fourth-order valence-corrected chi connectivity index (χ4v) is 2.69. The number of benzene rings is 2. The van der Waals surface area contributed by atoms with Crippen molar-refractivity contribution >= 4 is 40.6 Å². The Hall–Kier alpha value is -1.65. The summed E-state index contributed by atoms with van der Waals surface area (Å²) in [6.45, 7) is 0. The Bertz CT molecular complexity index is 590. The van der Waals surface area contributed by atoms with Crippen LogP contribution in [0.1, 0.15) is 6.42 Å². The lowest BCUT2D eigenvalue weighted by Crippen LogP contribution is -2.13. The largest absolute Gasteiger partial charge is 0.397 e. The SMILES string of the molecule is Nc1cc(Cl)ccc1NC(=O)CCSc1ccccc1. The van der Waals surface area contributed by atoms with Gasteiger partial charge in [-0.15, -0.1) is 11.8 Å². The Morgan fingerprint density at radius 2 is 1.95 bits per heavy atom. The average molecular weight is 307 g/mol. The lowest BCUT2D eigenvalue weighted by atomic mass is 10.2. The molecule has 2 rings (SSSR count). The van der Waals surface area contributed by atoms with E-state index < -0.39 is 0 Å². The molecule has 3 nitrogen and oxygen atoms in total. The van der Waals surface area contributed by atoms with E-state index in [1.807, 2.05) is 30.3 Å². The number of nitrogen functional groups attached to an aromatic ring is 1. The van der Waals surface area contributed by atoms with Gasteiger partial charge in [0.05, 0.1) is 11.4 Å². The van der Waals surface area contributed by atoms with Gasteiger partial charge in [-0.1, -0.05) is 29.8 Å². The van der Waals surface area contributed by atoms with E-state index in [0.29, 0.717) is 22.8 Å². The number of hydrogen-bond donors (Lipinski definition) is 2. The molecule has 0 radical (unpaired) electrons. The predicted octanol–water partition coefficient (Wildman–Crippen LogP) is 4.04. The fourth-order valence-electron chi connectivity index (χ4n) is 1.64. The van der Waals surface area contributed by atoms with Gasteiger partial charge in [0.15, 0.2) is 0 Å². The van der Waals surface area contributed by atoms with Crippen LogP contribution in [0.25, 0.3) is 0 Å². The predicted molar refractivity (Wildman–Crippen MR) is 86.3 cm³/mol. The molecule has 0 aliphatic rings. The second kappa shape index (κ2) is 7.22. The van der Waals surface area contributed by atoms with E-state index in [1.165, 1.54) is 0 Å². The quantitative estimate of drug-likeness (QED) is 0.647. The molecule has 2 aromatic rings. The molecule has 0 fully saturated rings. The minimum atomic E-state index is -0.0533. The molecule has 0 saturated heterocycles. The molecule has 2 aromatic carbocycles. The summed E-state index contributed by atoms with van der Waals surface area (Å²) in [6, 6.07) is 15.0. The molecular formula is C15H15ClN2OS. The van der Waals surface area contributed by atoms with Crippen LogP contribution in [0, 0.1) is 0 Å². The molecule has 0 atom stereocenters. The van der Waals surface area contributed by atoms with Crippen molar-refractivity contribution in [1.82, 2.24) is 0 Å². The number of hydrogen-bond acceptors (Lipinski definition) is 3. The first kappa shape index (κ1) is 14.8. The highest BCUT2D eigenvalue weighted by Crippen LogP contribution is 2.23. The molecule has 104 valence electrons. The zero-order chi connectivity index (χ0) is 14.4. The second-order valence-electron chi connectivity index (χ2n) is 4.19. The summed E-state index contributed by atoms with van der Waals surface area (Å²) in [5.74, 6) is 0.672. The van der Waals surface area contributed by atoms with Crippen molar-refractivity contribution in [2.24, 2.45) is 0 Å². The highest BCUT2D eigenvalue weighted by Gasteiger charge is 2.06. The van der Waals surface area contributed by atoms with Crippen molar-refractivity contribution in [3.63, 3.8) is 0 Å². The Morgan fingerprint density at radius 3 is 2.65 bits per heavy atom. The standard InChI is InChI=1S/C15H15ClN2OS/c16-11-6-7-14(13(17)10-11)18-15(19)8-9-20-12-4-2-1-3-5-12/h1-7,10H,8-9,17H2,(H,18,19). The third kappa shape index (κ3) is 4.47. The maximum atomic E-state index is 11.8. The van der Waals surface area contributed by atoms with E-state index in [-0.39, 0.29) is 5.91 Å². The van der Waals surface area contributed by atoms with Crippen LogP contribution >= 0.6 is 23.4 Å². The number of amides is 1. The van der Waals surface area contributed by atoms with E-state index >= 15 is 0 Å². The summed E-state index contributed by atoms with van der Waals surface area (Å²) < 4.78 is 0. The molecule has 0 aromatic heterocycles. The number of nitrogens with two attached hydrogens (primary N) is 1. The molecule has 5 heteroatoms. The lowest BCUT2D eigenvalue weighted by Gasteiger charge is -2.08. The van der Waals surface area contributed by atoms with Crippen LogP contribution in [0.15, 0.2) is 53.4 Å².